The van der Waals surface area contributed by atoms with Crippen LogP contribution in [0.3, 0.4) is 0 Å². The van der Waals surface area contributed by atoms with E-state index in [1.165, 1.54) is 0 Å². The number of aldehydes is 1. The molecule has 14 heavy (non-hydrogen) atoms. The number of aliphatic imine (C=N–C) groups is 1. The van der Waals surface area contributed by atoms with Crippen LogP contribution in [0.2, 0.25) is 0 Å². The van der Waals surface area contributed by atoms with Gasteiger partial charge in [-0.15, -0.1) is 0 Å². The normalized spacial score (nSPS) is 15.5. The van der Waals surface area contributed by atoms with Crippen LogP contribution in [0.5, 0.6) is 0 Å². The minimum absolute atomic E-state index is 0.710. The predicted octanol–water partition coefficient (Wildman–Crippen LogP) is 1.74. The zero-order chi connectivity index (χ0) is 9.97. The summed E-state index contributed by atoms with van der Waals surface area (Å²) in [5.74, 6) is 1.02. The number of carbonyl (C=O) groups is 1. The highest BCUT2D eigenvalue weighted by molar-refractivity contribution is 5.98. The summed E-state index contributed by atoms with van der Waals surface area (Å²) in [7, 11) is 0. The number of amidine groups is 1. The molecule has 3 nitrogen and oxygen atoms in total. The third-order valence-corrected chi connectivity index (χ3v) is 2.37. The lowest BCUT2D eigenvalue weighted by atomic mass is 10.2. The van der Waals surface area contributed by atoms with Crippen molar-refractivity contribution in [1.82, 2.24) is 0 Å². The van der Waals surface area contributed by atoms with E-state index in [0.29, 0.717) is 5.56 Å². The standard InChI is InChI=1S/C11H12N2O/c1-9-12-5-6-13(9)11-4-2-3-10(7-11)8-14/h2-4,7-8H,5-6H2,1H3. The summed E-state index contributed by atoms with van der Waals surface area (Å²) in [6.07, 6.45) is 0.867. The number of nitrogens with zero attached hydrogens (tertiary/aromatic N) is 2. The van der Waals surface area contributed by atoms with Crippen molar-refractivity contribution < 1.29 is 4.79 Å². The van der Waals surface area contributed by atoms with Gasteiger partial charge in [-0.25, -0.2) is 0 Å². The van der Waals surface area contributed by atoms with Gasteiger partial charge in [-0.2, -0.15) is 0 Å². The largest absolute Gasteiger partial charge is 0.329 e. The SMILES string of the molecule is CC1=NCCN1c1cccc(C=O)c1. The molecule has 0 unspecified atom stereocenters. The molecule has 72 valence electrons. The molecule has 1 heterocycles. The Morgan fingerprint density at radius 2 is 2.36 bits per heavy atom. The van der Waals surface area contributed by atoms with Crippen LogP contribution in [-0.2, 0) is 0 Å². The zero-order valence-electron chi connectivity index (χ0n) is 8.10. The van der Waals surface area contributed by atoms with E-state index >= 15 is 0 Å². The fourth-order valence-corrected chi connectivity index (χ4v) is 1.64. The molecule has 1 aliphatic rings. The minimum Gasteiger partial charge on any atom is -0.329 e. The first-order valence-corrected chi connectivity index (χ1v) is 4.65. The average Bonchev–Trinajstić information content (AvgIpc) is 2.65. The van der Waals surface area contributed by atoms with Crippen molar-refractivity contribution in [1.29, 1.82) is 0 Å². The maximum atomic E-state index is 10.6. The van der Waals surface area contributed by atoms with Gasteiger partial charge < -0.3 is 4.90 Å². The first-order valence-electron chi connectivity index (χ1n) is 4.65. The molecule has 0 spiro atoms. The van der Waals surface area contributed by atoms with Gasteiger partial charge in [-0.3, -0.25) is 9.79 Å². The fraction of sp³-hybridized carbons (Fsp3) is 0.273. The van der Waals surface area contributed by atoms with Gasteiger partial charge in [0.2, 0.25) is 0 Å². The second kappa shape index (κ2) is 3.62. The minimum atomic E-state index is 0.710. The highest BCUT2D eigenvalue weighted by atomic mass is 16.1. The lowest BCUT2D eigenvalue weighted by molar-refractivity contribution is 0.112. The first-order chi connectivity index (χ1) is 6.81. The number of hydrogen-bond donors (Lipinski definition) is 0. The Hall–Kier alpha value is -1.64. The van der Waals surface area contributed by atoms with Crippen LogP contribution in [0.25, 0.3) is 0 Å². The van der Waals surface area contributed by atoms with E-state index in [0.717, 1.165) is 30.9 Å². The molecule has 0 bridgehead atoms. The molecule has 0 saturated carbocycles. The Morgan fingerprint density at radius 1 is 1.50 bits per heavy atom. The molecule has 0 saturated heterocycles. The van der Waals surface area contributed by atoms with Crippen molar-refractivity contribution in [3.05, 3.63) is 29.8 Å². The highest BCUT2D eigenvalue weighted by Crippen LogP contribution is 2.18. The first kappa shape index (κ1) is 8.94. The molecule has 0 atom stereocenters. The second-order valence-corrected chi connectivity index (χ2v) is 3.29. The smallest absolute Gasteiger partial charge is 0.150 e. The second-order valence-electron chi connectivity index (χ2n) is 3.29. The van der Waals surface area contributed by atoms with Crippen molar-refractivity contribution >= 4 is 17.8 Å². The topological polar surface area (TPSA) is 32.7 Å². The van der Waals surface area contributed by atoms with Gasteiger partial charge in [0.15, 0.2) is 0 Å². The van der Waals surface area contributed by atoms with E-state index < -0.39 is 0 Å². The van der Waals surface area contributed by atoms with Gasteiger partial charge in [0.05, 0.1) is 6.54 Å². The van der Waals surface area contributed by atoms with Gasteiger partial charge in [0.1, 0.15) is 12.1 Å². The van der Waals surface area contributed by atoms with Crippen LogP contribution in [0.4, 0.5) is 5.69 Å². The van der Waals surface area contributed by atoms with E-state index in [9.17, 15) is 4.79 Å². The molecule has 1 aliphatic heterocycles. The van der Waals surface area contributed by atoms with Crippen molar-refractivity contribution in [2.75, 3.05) is 18.0 Å². The van der Waals surface area contributed by atoms with E-state index in [-0.39, 0.29) is 0 Å². The zero-order valence-corrected chi connectivity index (χ0v) is 8.10. The molecular weight excluding hydrogens is 176 g/mol. The van der Waals surface area contributed by atoms with Gasteiger partial charge in [0, 0.05) is 17.8 Å². The number of rotatable bonds is 2. The van der Waals surface area contributed by atoms with Gasteiger partial charge in [-0.05, 0) is 19.1 Å². The maximum absolute atomic E-state index is 10.6. The Bertz CT molecular complexity index is 385. The van der Waals surface area contributed by atoms with Crippen LogP contribution in [0.1, 0.15) is 17.3 Å². The summed E-state index contributed by atoms with van der Waals surface area (Å²) < 4.78 is 0. The van der Waals surface area contributed by atoms with Gasteiger partial charge in [-0.1, -0.05) is 12.1 Å². The summed E-state index contributed by atoms with van der Waals surface area (Å²) in [4.78, 5) is 17.0. The van der Waals surface area contributed by atoms with Crippen LogP contribution in [0.15, 0.2) is 29.3 Å². The van der Waals surface area contributed by atoms with Crippen LogP contribution < -0.4 is 4.90 Å². The molecule has 0 aromatic heterocycles. The van der Waals surface area contributed by atoms with Crippen molar-refractivity contribution in [3.8, 4) is 0 Å². The Kier molecular flexibility index (Phi) is 2.31. The van der Waals surface area contributed by atoms with Gasteiger partial charge >= 0.3 is 0 Å². The summed E-state index contributed by atoms with van der Waals surface area (Å²) in [6.45, 7) is 3.74. The number of anilines is 1. The van der Waals surface area contributed by atoms with E-state index in [2.05, 4.69) is 9.89 Å². The highest BCUT2D eigenvalue weighted by Gasteiger charge is 2.14. The van der Waals surface area contributed by atoms with Crippen molar-refractivity contribution in [2.24, 2.45) is 4.99 Å². The number of hydrogen-bond acceptors (Lipinski definition) is 3. The molecule has 2 rings (SSSR count). The van der Waals surface area contributed by atoms with E-state index in [1.54, 1.807) is 6.07 Å². The Balaban J connectivity index is 2.32. The quantitative estimate of drug-likeness (QED) is 0.662. The molecule has 3 heteroatoms. The fourth-order valence-electron chi connectivity index (χ4n) is 1.64. The van der Waals surface area contributed by atoms with Crippen LogP contribution in [0, 0.1) is 0 Å². The molecule has 0 N–H and O–H groups in total. The summed E-state index contributed by atoms with van der Waals surface area (Å²) in [6, 6.07) is 7.58. The molecule has 1 aromatic rings. The third kappa shape index (κ3) is 1.53. The van der Waals surface area contributed by atoms with Crippen molar-refractivity contribution in [2.45, 2.75) is 6.92 Å². The predicted molar refractivity (Wildman–Crippen MR) is 57.2 cm³/mol. The van der Waals surface area contributed by atoms with E-state index in [1.807, 2.05) is 25.1 Å². The van der Waals surface area contributed by atoms with Crippen LogP contribution >= 0.6 is 0 Å². The van der Waals surface area contributed by atoms with E-state index in [4.69, 9.17) is 0 Å². The molecule has 0 aliphatic carbocycles. The number of carbonyl (C=O) groups excluding carboxylic acids is 1. The van der Waals surface area contributed by atoms with Gasteiger partial charge in [0.25, 0.3) is 0 Å². The molecule has 0 radical (unpaired) electrons. The Labute approximate surface area is 83.1 Å². The third-order valence-electron chi connectivity index (χ3n) is 2.37. The average molecular weight is 188 g/mol. The van der Waals surface area contributed by atoms with Crippen LogP contribution in [-0.4, -0.2) is 25.2 Å². The molecule has 1 aromatic carbocycles. The molecule has 0 fully saturated rings. The summed E-state index contributed by atoms with van der Waals surface area (Å²) in [5, 5.41) is 0. The molecule has 0 amide bonds. The Morgan fingerprint density at radius 3 is 3.00 bits per heavy atom. The summed E-state index contributed by atoms with van der Waals surface area (Å²) >= 11 is 0. The maximum Gasteiger partial charge on any atom is 0.150 e. The lowest BCUT2D eigenvalue weighted by Crippen LogP contribution is -2.24. The number of benzene rings is 1. The van der Waals surface area contributed by atoms with Crippen molar-refractivity contribution in [3.63, 3.8) is 0 Å². The lowest BCUT2D eigenvalue weighted by Gasteiger charge is -2.18. The molecular formula is C11H12N2O. The summed E-state index contributed by atoms with van der Waals surface area (Å²) in [5.41, 5.74) is 1.76. The monoisotopic (exact) mass is 188 g/mol.